The van der Waals surface area contributed by atoms with Crippen molar-refractivity contribution in [3.8, 4) is 17.0 Å². The lowest BCUT2D eigenvalue weighted by Crippen LogP contribution is -2.38. The van der Waals surface area contributed by atoms with Crippen molar-refractivity contribution in [1.82, 2.24) is 25.1 Å². The Hall–Kier alpha value is -4.26. The molecule has 4 aromatic rings. The molecule has 1 aromatic heterocycles. The van der Waals surface area contributed by atoms with Gasteiger partial charge >= 0.3 is 6.03 Å². The largest absolute Gasteiger partial charge is 0.484 e. The molecule has 2 N–H and O–H groups in total. The molecule has 0 spiro atoms. The zero-order valence-electron chi connectivity index (χ0n) is 24.1. The lowest BCUT2D eigenvalue weighted by Gasteiger charge is -2.29. The highest BCUT2D eigenvalue weighted by Crippen LogP contribution is 2.40. The summed E-state index contributed by atoms with van der Waals surface area (Å²) in [6.07, 6.45) is 0. The molecule has 0 unspecified atom stereocenters. The maximum Gasteiger partial charge on any atom is 0.325 e. The Morgan fingerprint density at radius 3 is 2.44 bits per heavy atom. The van der Waals surface area contributed by atoms with Crippen LogP contribution in [0.4, 0.5) is 9.18 Å². The standard InChI is InChI=1S/C32H31FIN5O4/c1-18(20-8-6-5-7-9-20)29(30-35-19(2)27(36-30)24-15-12-22(34)16-25(24)33)39-31(41)28(37-32(39)42)21-10-13-23(14-11-21)43-17-26(40)38(3)4/h5-16,18,28-29H,17H2,1-4H3,(H,35,36)(H,37,42)/t18-,28-,29+/m1/s1. The van der Waals surface area contributed by atoms with Gasteiger partial charge in [-0.3, -0.25) is 14.5 Å². The molecule has 1 fully saturated rings. The summed E-state index contributed by atoms with van der Waals surface area (Å²) in [5, 5.41) is 2.81. The number of carbonyl (C=O) groups excluding carboxylic acids is 3. The summed E-state index contributed by atoms with van der Waals surface area (Å²) in [5.74, 6) is -0.540. The monoisotopic (exact) mass is 695 g/mol. The smallest absolute Gasteiger partial charge is 0.325 e. The number of aryl methyl sites for hydroxylation is 1. The molecule has 0 radical (unpaired) electrons. The number of benzene rings is 3. The molecule has 222 valence electrons. The molecule has 0 aliphatic carbocycles. The molecule has 2 heterocycles. The number of H-pyrrole nitrogens is 1. The van der Waals surface area contributed by atoms with Crippen molar-refractivity contribution in [1.29, 1.82) is 0 Å². The van der Waals surface area contributed by atoms with Crippen LogP contribution in [0.3, 0.4) is 0 Å². The van der Waals surface area contributed by atoms with E-state index in [9.17, 15) is 18.8 Å². The number of urea groups is 1. The Morgan fingerprint density at radius 2 is 1.79 bits per heavy atom. The van der Waals surface area contributed by atoms with Crippen LogP contribution in [0.25, 0.3) is 11.3 Å². The molecule has 1 aliphatic rings. The second kappa shape index (κ2) is 12.5. The predicted octanol–water partition coefficient (Wildman–Crippen LogP) is 5.73. The number of hydrogen-bond acceptors (Lipinski definition) is 5. The molecule has 1 aliphatic heterocycles. The van der Waals surface area contributed by atoms with Gasteiger partial charge < -0.3 is 19.9 Å². The summed E-state index contributed by atoms with van der Waals surface area (Å²) in [6, 6.07) is 18.9. The molecular formula is C32H31FIN5O4. The van der Waals surface area contributed by atoms with Gasteiger partial charge in [-0.15, -0.1) is 0 Å². The predicted molar refractivity (Wildman–Crippen MR) is 168 cm³/mol. The third-order valence-corrected chi connectivity index (χ3v) is 8.16. The molecule has 4 amide bonds. The van der Waals surface area contributed by atoms with E-state index in [2.05, 4.69) is 10.3 Å². The van der Waals surface area contributed by atoms with Crippen molar-refractivity contribution in [2.45, 2.75) is 31.8 Å². The van der Waals surface area contributed by atoms with E-state index < -0.39 is 29.8 Å². The van der Waals surface area contributed by atoms with E-state index in [1.807, 2.05) is 59.8 Å². The number of hydrogen-bond donors (Lipinski definition) is 2. The van der Waals surface area contributed by atoms with Crippen LogP contribution in [0, 0.1) is 16.3 Å². The minimum atomic E-state index is -0.931. The van der Waals surface area contributed by atoms with Crippen LogP contribution in [0.1, 0.15) is 47.6 Å². The molecule has 3 atom stereocenters. The van der Waals surface area contributed by atoms with Crippen molar-refractivity contribution in [3.63, 3.8) is 0 Å². The molecule has 43 heavy (non-hydrogen) atoms. The first-order valence-corrected chi connectivity index (χ1v) is 14.8. The first-order chi connectivity index (χ1) is 20.5. The summed E-state index contributed by atoms with van der Waals surface area (Å²) in [4.78, 5) is 50.0. The maximum atomic E-state index is 15.0. The lowest BCUT2D eigenvalue weighted by molar-refractivity contribution is -0.131. The molecule has 1 saturated heterocycles. The van der Waals surface area contributed by atoms with Gasteiger partial charge in [-0.25, -0.2) is 14.2 Å². The van der Waals surface area contributed by atoms with Crippen molar-refractivity contribution in [2.24, 2.45) is 0 Å². The molecule has 5 rings (SSSR count). The minimum absolute atomic E-state index is 0.116. The normalized spacial score (nSPS) is 16.1. The Balaban J connectivity index is 1.48. The quantitative estimate of drug-likeness (QED) is 0.172. The van der Waals surface area contributed by atoms with Gasteiger partial charge in [0.2, 0.25) is 0 Å². The summed E-state index contributed by atoms with van der Waals surface area (Å²) < 4.78 is 21.3. The number of amides is 4. The number of rotatable bonds is 9. The molecule has 11 heteroatoms. The number of aromatic nitrogens is 2. The van der Waals surface area contributed by atoms with E-state index in [-0.39, 0.29) is 18.4 Å². The second-order valence-corrected chi connectivity index (χ2v) is 11.8. The van der Waals surface area contributed by atoms with Crippen molar-refractivity contribution < 1.29 is 23.5 Å². The van der Waals surface area contributed by atoms with Gasteiger partial charge in [0.15, 0.2) is 6.61 Å². The third kappa shape index (κ3) is 6.26. The molecule has 0 bridgehead atoms. The first-order valence-electron chi connectivity index (χ1n) is 13.7. The highest BCUT2D eigenvalue weighted by atomic mass is 127. The van der Waals surface area contributed by atoms with Gasteiger partial charge in [-0.1, -0.05) is 49.4 Å². The zero-order chi connectivity index (χ0) is 30.8. The number of nitrogens with zero attached hydrogens (tertiary/aromatic N) is 3. The number of aromatic amines is 1. The number of nitrogens with one attached hydrogen (secondary N) is 2. The van der Waals surface area contributed by atoms with Crippen LogP contribution in [-0.2, 0) is 9.59 Å². The van der Waals surface area contributed by atoms with Gasteiger partial charge in [-0.05, 0) is 71.0 Å². The molecule has 3 aromatic carbocycles. The zero-order valence-corrected chi connectivity index (χ0v) is 26.3. The Bertz CT molecular complexity index is 1660. The Labute approximate surface area is 262 Å². The van der Waals surface area contributed by atoms with Gasteiger partial charge in [-0.2, -0.15) is 0 Å². The number of imide groups is 1. The van der Waals surface area contributed by atoms with Crippen LogP contribution in [0.5, 0.6) is 5.75 Å². The van der Waals surface area contributed by atoms with E-state index in [0.717, 1.165) is 9.13 Å². The fourth-order valence-corrected chi connectivity index (χ4v) is 5.56. The van der Waals surface area contributed by atoms with Gasteiger partial charge in [0.25, 0.3) is 11.8 Å². The highest BCUT2D eigenvalue weighted by molar-refractivity contribution is 14.1. The van der Waals surface area contributed by atoms with Crippen molar-refractivity contribution in [2.75, 3.05) is 20.7 Å². The van der Waals surface area contributed by atoms with Crippen molar-refractivity contribution in [3.05, 3.63) is 105 Å². The fraction of sp³-hybridized carbons (Fsp3) is 0.250. The van der Waals surface area contributed by atoms with Crippen LogP contribution in [-0.4, -0.2) is 58.3 Å². The number of halogens is 2. The number of ether oxygens (including phenoxy) is 1. The van der Waals surface area contributed by atoms with Crippen LogP contribution in [0.15, 0.2) is 72.8 Å². The topological polar surface area (TPSA) is 108 Å². The summed E-state index contributed by atoms with van der Waals surface area (Å²) >= 11 is 2.05. The number of carbonyl (C=O) groups is 3. The van der Waals surface area contributed by atoms with E-state index in [1.54, 1.807) is 57.4 Å². The summed E-state index contributed by atoms with van der Waals surface area (Å²) in [7, 11) is 3.29. The van der Waals surface area contributed by atoms with Gasteiger partial charge in [0, 0.05) is 34.8 Å². The van der Waals surface area contributed by atoms with E-state index in [0.29, 0.717) is 34.1 Å². The average Bonchev–Trinajstić information content (AvgIpc) is 3.51. The third-order valence-electron chi connectivity index (χ3n) is 7.49. The summed E-state index contributed by atoms with van der Waals surface area (Å²) in [5.41, 5.74) is 2.83. The van der Waals surface area contributed by atoms with Crippen LogP contribution in [0.2, 0.25) is 0 Å². The number of imidazole rings is 1. The van der Waals surface area contributed by atoms with Crippen LogP contribution < -0.4 is 10.1 Å². The Morgan fingerprint density at radius 1 is 1.09 bits per heavy atom. The SMILES string of the molecule is Cc1[nH]c([C@H]([C@H](C)c2ccccc2)N2C(=O)N[C@H](c3ccc(OCC(=O)N(C)C)cc3)C2=O)nc1-c1ccc(I)cc1F. The average molecular weight is 696 g/mol. The highest BCUT2D eigenvalue weighted by Gasteiger charge is 2.46. The lowest BCUT2D eigenvalue weighted by atomic mass is 9.91. The van der Waals surface area contributed by atoms with Gasteiger partial charge in [0.05, 0.1) is 5.69 Å². The molecule has 9 nitrogen and oxygen atoms in total. The summed E-state index contributed by atoms with van der Waals surface area (Å²) in [6.45, 7) is 3.60. The second-order valence-electron chi connectivity index (χ2n) is 10.6. The Kier molecular flexibility index (Phi) is 8.81. The van der Waals surface area contributed by atoms with E-state index >= 15 is 0 Å². The molecular weight excluding hydrogens is 664 g/mol. The van der Waals surface area contributed by atoms with Crippen molar-refractivity contribution >= 4 is 40.4 Å². The minimum Gasteiger partial charge on any atom is -0.484 e. The maximum absolute atomic E-state index is 15.0. The van der Waals surface area contributed by atoms with Crippen LogP contribution >= 0.6 is 22.6 Å². The number of likely N-dealkylation sites (N-methyl/N-ethyl adjacent to an activating group) is 1. The van der Waals surface area contributed by atoms with E-state index in [1.165, 1.54) is 15.9 Å². The molecule has 0 saturated carbocycles. The fourth-order valence-electron chi connectivity index (χ4n) is 5.10. The van der Waals surface area contributed by atoms with E-state index in [4.69, 9.17) is 9.72 Å². The van der Waals surface area contributed by atoms with Gasteiger partial charge in [0.1, 0.15) is 29.5 Å². The first kappa shape index (κ1) is 30.2.